The molecule has 0 bridgehead atoms. The van der Waals surface area contributed by atoms with Gasteiger partial charge >= 0.3 is 0 Å². The van der Waals surface area contributed by atoms with Crippen molar-refractivity contribution in [1.82, 2.24) is 5.32 Å². The van der Waals surface area contributed by atoms with E-state index in [1.54, 1.807) is 0 Å². The van der Waals surface area contributed by atoms with E-state index in [0.717, 1.165) is 17.8 Å². The number of hydrogen-bond donors (Lipinski definition) is 1. The van der Waals surface area contributed by atoms with E-state index in [-0.39, 0.29) is 0 Å². The van der Waals surface area contributed by atoms with Gasteiger partial charge < -0.3 is 5.32 Å². The maximum absolute atomic E-state index is 3.60. The van der Waals surface area contributed by atoms with E-state index in [1.165, 1.54) is 64.5 Å². The van der Waals surface area contributed by atoms with Crippen molar-refractivity contribution in [1.29, 1.82) is 0 Å². The molecule has 1 unspecified atom stereocenters. The summed E-state index contributed by atoms with van der Waals surface area (Å²) in [6.45, 7) is 14.1. The maximum atomic E-state index is 3.60. The van der Waals surface area contributed by atoms with Crippen LogP contribution >= 0.6 is 0 Å². The Labute approximate surface area is 122 Å². The fourth-order valence-corrected chi connectivity index (χ4v) is 2.47. The second-order valence-corrected chi connectivity index (χ2v) is 7.21. The van der Waals surface area contributed by atoms with Gasteiger partial charge in [-0.25, -0.2) is 0 Å². The first-order valence-electron chi connectivity index (χ1n) is 8.73. The predicted octanol–water partition coefficient (Wildman–Crippen LogP) is 5.64. The molecule has 0 fully saturated rings. The van der Waals surface area contributed by atoms with Crippen molar-refractivity contribution in [2.24, 2.45) is 17.8 Å². The number of unbranched alkanes of at least 4 members (excludes halogenated alkanes) is 2. The Morgan fingerprint density at radius 3 is 1.84 bits per heavy atom. The molecule has 0 saturated carbocycles. The molecule has 0 radical (unpaired) electrons. The van der Waals surface area contributed by atoms with Crippen LogP contribution in [0.3, 0.4) is 0 Å². The van der Waals surface area contributed by atoms with Crippen molar-refractivity contribution >= 4 is 0 Å². The van der Waals surface area contributed by atoms with Crippen LogP contribution in [0.2, 0.25) is 0 Å². The SMILES string of the molecule is CC(C)CCCCCNCCC(C)CCCC(C)C. The van der Waals surface area contributed by atoms with Crippen LogP contribution in [0.1, 0.15) is 86.0 Å². The zero-order valence-corrected chi connectivity index (χ0v) is 14.3. The third-order valence-electron chi connectivity index (χ3n) is 3.93. The van der Waals surface area contributed by atoms with Gasteiger partial charge in [0.15, 0.2) is 0 Å². The van der Waals surface area contributed by atoms with E-state index in [0.29, 0.717) is 0 Å². The first-order chi connectivity index (χ1) is 9.02. The Morgan fingerprint density at radius 1 is 0.579 bits per heavy atom. The summed E-state index contributed by atoms with van der Waals surface area (Å²) < 4.78 is 0. The van der Waals surface area contributed by atoms with Gasteiger partial charge in [-0.3, -0.25) is 0 Å². The molecule has 0 aliphatic carbocycles. The lowest BCUT2D eigenvalue weighted by atomic mass is 9.97. The molecule has 0 amide bonds. The summed E-state index contributed by atoms with van der Waals surface area (Å²) in [6, 6.07) is 0. The van der Waals surface area contributed by atoms with E-state index in [4.69, 9.17) is 0 Å². The summed E-state index contributed by atoms with van der Waals surface area (Å²) >= 11 is 0. The highest BCUT2D eigenvalue weighted by atomic mass is 14.8. The van der Waals surface area contributed by atoms with Crippen LogP contribution < -0.4 is 5.32 Å². The zero-order valence-electron chi connectivity index (χ0n) is 14.3. The van der Waals surface area contributed by atoms with Gasteiger partial charge in [0.05, 0.1) is 0 Å². The summed E-state index contributed by atoms with van der Waals surface area (Å²) in [7, 11) is 0. The van der Waals surface area contributed by atoms with E-state index in [9.17, 15) is 0 Å². The summed E-state index contributed by atoms with van der Waals surface area (Å²) in [5, 5.41) is 3.60. The molecule has 19 heavy (non-hydrogen) atoms. The predicted molar refractivity (Wildman–Crippen MR) is 88.6 cm³/mol. The lowest BCUT2D eigenvalue weighted by Gasteiger charge is -2.13. The Hall–Kier alpha value is -0.0400. The second-order valence-electron chi connectivity index (χ2n) is 7.21. The van der Waals surface area contributed by atoms with Gasteiger partial charge in [-0.05, 0) is 43.7 Å². The largest absolute Gasteiger partial charge is 0.317 e. The average molecular weight is 270 g/mol. The summed E-state index contributed by atoms with van der Waals surface area (Å²) in [4.78, 5) is 0. The third-order valence-corrected chi connectivity index (χ3v) is 3.93. The fraction of sp³-hybridized carbons (Fsp3) is 1.00. The molecule has 1 nitrogen and oxygen atoms in total. The van der Waals surface area contributed by atoms with Crippen molar-refractivity contribution in [3.8, 4) is 0 Å². The average Bonchev–Trinajstić information content (AvgIpc) is 2.31. The van der Waals surface area contributed by atoms with Crippen LogP contribution in [-0.4, -0.2) is 13.1 Å². The van der Waals surface area contributed by atoms with Crippen LogP contribution in [0, 0.1) is 17.8 Å². The molecule has 0 rings (SSSR count). The molecule has 0 aliphatic heterocycles. The molecule has 0 spiro atoms. The van der Waals surface area contributed by atoms with Crippen LogP contribution in [0.5, 0.6) is 0 Å². The third kappa shape index (κ3) is 15.9. The van der Waals surface area contributed by atoms with Gasteiger partial charge in [0.2, 0.25) is 0 Å². The molecule has 0 aliphatic rings. The van der Waals surface area contributed by atoms with E-state index >= 15 is 0 Å². The lowest BCUT2D eigenvalue weighted by molar-refractivity contribution is 0.424. The molecule has 0 aromatic heterocycles. The van der Waals surface area contributed by atoms with Crippen molar-refractivity contribution in [3.05, 3.63) is 0 Å². The molecule has 0 heterocycles. The van der Waals surface area contributed by atoms with Gasteiger partial charge in [0, 0.05) is 0 Å². The minimum Gasteiger partial charge on any atom is -0.317 e. The molecule has 116 valence electrons. The zero-order chi connectivity index (χ0) is 14.5. The summed E-state index contributed by atoms with van der Waals surface area (Å²) in [6.07, 6.45) is 11.1. The van der Waals surface area contributed by atoms with Gasteiger partial charge in [0.1, 0.15) is 0 Å². The van der Waals surface area contributed by atoms with Crippen molar-refractivity contribution in [3.63, 3.8) is 0 Å². The summed E-state index contributed by atoms with van der Waals surface area (Å²) in [5.41, 5.74) is 0. The Morgan fingerprint density at radius 2 is 1.21 bits per heavy atom. The van der Waals surface area contributed by atoms with Gasteiger partial charge in [-0.15, -0.1) is 0 Å². The molecule has 1 atom stereocenters. The normalized spacial score (nSPS) is 13.4. The fourth-order valence-electron chi connectivity index (χ4n) is 2.47. The first-order valence-corrected chi connectivity index (χ1v) is 8.73. The molecule has 0 aromatic rings. The monoisotopic (exact) mass is 269 g/mol. The lowest BCUT2D eigenvalue weighted by Crippen LogP contribution is -2.18. The van der Waals surface area contributed by atoms with Crippen molar-refractivity contribution in [2.75, 3.05) is 13.1 Å². The van der Waals surface area contributed by atoms with Crippen LogP contribution in [0.4, 0.5) is 0 Å². The van der Waals surface area contributed by atoms with Crippen molar-refractivity contribution < 1.29 is 0 Å². The topological polar surface area (TPSA) is 12.0 Å². The van der Waals surface area contributed by atoms with Gasteiger partial charge in [-0.2, -0.15) is 0 Å². The highest BCUT2D eigenvalue weighted by molar-refractivity contribution is 4.58. The number of hydrogen-bond acceptors (Lipinski definition) is 1. The summed E-state index contributed by atoms with van der Waals surface area (Å²) in [5.74, 6) is 2.64. The highest BCUT2D eigenvalue weighted by Gasteiger charge is 2.02. The molecule has 1 N–H and O–H groups in total. The number of nitrogens with one attached hydrogen (secondary N) is 1. The van der Waals surface area contributed by atoms with Crippen molar-refractivity contribution in [2.45, 2.75) is 86.0 Å². The van der Waals surface area contributed by atoms with Crippen LogP contribution in [0.25, 0.3) is 0 Å². The Kier molecular flexibility index (Phi) is 12.9. The van der Waals surface area contributed by atoms with Crippen LogP contribution in [-0.2, 0) is 0 Å². The molecule has 0 aromatic carbocycles. The first kappa shape index (κ1) is 19.0. The standard InChI is InChI=1S/C18H39N/c1-16(2)10-7-6-8-14-19-15-13-18(5)12-9-11-17(3)4/h16-19H,6-15H2,1-5H3. The molecular formula is C18H39N. The maximum Gasteiger partial charge on any atom is -0.00464 e. The van der Waals surface area contributed by atoms with E-state index < -0.39 is 0 Å². The minimum atomic E-state index is 0.871. The smallest absolute Gasteiger partial charge is 0.00464 e. The quantitative estimate of drug-likeness (QED) is 0.426. The highest BCUT2D eigenvalue weighted by Crippen LogP contribution is 2.14. The second kappa shape index (κ2) is 13.0. The van der Waals surface area contributed by atoms with Gasteiger partial charge in [-0.1, -0.05) is 73.1 Å². The minimum absolute atomic E-state index is 0.871. The molecule has 1 heteroatoms. The number of rotatable bonds is 13. The Balaban J connectivity index is 3.16. The van der Waals surface area contributed by atoms with E-state index in [2.05, 4.69) is 39.9 Å². The van der Waals surface area contributed by atoms with Gasteiger partial charge in [0.25, 0.3) is 0 Å². The van der Waals surface area contributed by atoms with E-state index in [1.807, 2.05) is 0 Å². The molecular weight excluding hydrogens is 230 g/mol. The van der Waals surface area contributed by atoms with Crippen LogP contribution in [0.15, 0.2) is 0 Å². The molecule has 0 saturated heterocycles. The Bertz CT molecular complexity index is 175.